The standard InChI is InChI=1S/C23H24N4O3S2/c28-21(27(17-10-11-17)18-12-13-32(29,30)15-18)14-31-23-25-20-9-5-4-8-19(20)22(26-23)24-16-6-2-1-3-7-16/h1-9,17-18H,10-15H2,(H,24,25,26)/t18-/m1/s1. The highest BCUT2D eigenvalue weighted by Gasteiger charge is 2.41. The van der Waals surface area contributed by atoms with Crippen LogP contribution in [-0.4, -0.2) is 58.5 Å². The number of carbonyl (C=O) groups is 1. The molecule has 2 aromatic carbocycles. The third-order valence-electron chi connectivity index (χ3n) is 5.77. The van der Waals surface area contributed by atoms with E-state index in [-0.39, 0.29) is 35.2 Å². The van der Waals surface area contributed by atoms with Crippen molar-refractivity contribution in [3.05, 3.63) is 54.6 Å². The van der Waals surface area contributed by atoms with Crippen molar-refractivity contribution in [2.75, 3.05) is 22.6 Å². The van der Waals surface area contributed by atoms with Gasteiger partial charge in [-0.05, 0) is 43.5 Å². The van der Waals surface area contributed by atoms with Crippen molar-refractivity contribution in [1.29, 1.82) is 0 Å². The normalized spacial score (nSPS) is 19.7. The van der Waals surface area contributed by atoms with Crippen LogP contribution < -0.4 is 5.32 Å². The lowest BCUT2D eigenvalue weighted by Gasteiger charge is -2.28. The average molecular weight is 469 g/mol. The number of hydrogen-bond acceptors (Lipinski definition) is 7. The first-order valence-electron chi connectivity index (χ1n) is 10.7. The van der Waals surface area contributed by atoms with Gasteiger partial charge in [0.25, 0.3) is 0 Å². The molecule has 1 aromatic heterocycles. The Labute approximate surface area is 191 Å². The summed E-state index contributed by atoms with van der Waals surface area (Å²) >= 11 is 1.30. The molecule has 2 aliphatic rings. The minimum atomic E-state index is -3.04. The van der Waals surface area contributed by atoms with Crippen LogP contribution in [0.3, 0.4) is 0 Å². The van der Waals surface area contributed by atoms with Crippen LogP contribution in [0.1, 0.15) is 19.3 Å². The number of amides is 1. The van der Waals surface area contributed by atoms with E-state index >= 15 is 0 Å². The minimum absolute atomic E-state index is 0.0334. The van der Waals surface area contributed by atoms with Gasteiger partial charge in [0, 0.05) is 23.2 Å². The summed E-state index contributed by atoms with van der Waals surface area (Å²) in [6.07, 6.45) is 2.43. The van der Waals surface area contributed by atoms with Gasteiger partial charge in [-0.3, -0.25) is 4.79 Å². The number of fused-ring (bicyclic) bond motifs is 1. The number of carbonyl (C=O) groups excluding carboxylic acids is 1. The molecule has 0 spiro atoms. The van der Waals surface area contributed by atoms with Crippen molar-refractivity contribution in [3.63, 3.8) is 0 Å². The van der Waals surface area contributed by atoms with Gasteiger partial charge in [0.15, 0.2) is 15.0 Å². The van der Waals surface area contributed by atoms with Crippen molar-refractivity contribution in [1.82, 2.24) is 14.9 Å². The third-order valence-corrected chi connectivity index (χ3v) is 8.36. The summed E-state index contributed by atoms with van der Waals surface area (Å²) in [5, 5.41) is 4.78. The number of aromatic nitrogens is 2. The van der Waals surface area contributed by atoms with Crippen LogP contribution in [0.4, 0.5) is 11.5 Å². The van der Waals surface area contributed by atoms with Gasteiger partial charge in [-0.2, -0.15) is 0 Å². The van der Waals surface area contributed by atoms with E-state index in [1.807, 2.05) is 59.5 Å². The van der Waals surface area contributed by atoms with Crippen LogP contribution in [0.2, 0.25) is 0 Å². The summed E-state index contributed by atoms with van der Waals surface area (Å²) in [6, 6.07) is 17.5. The maximum absolute atomic E-state index is 13.1. The van der Waals surface area contributed by atoms with E-state index in [4.69, 9.17) is 0 Å². The summed E-state index contributed by atoms with van der Waals surface area (Å²) in [5.41, 5.74) is 1.72. The molecule has 1 saturated carbocycles. The Bertz CT molecular complexity index is 1250. The second-order valence-corrected chi connectivity index (χ2v) is 11.4. The molecule has 1 saturated heterocycles. The van der Waals surface area contributed by atoms with Crippen molar-refractivity contribution < 1.29 is 13.2 Å². The van der Waals surface area contributed by atoms with E-state index in [2.05, 4.69) is 15.3 Å². The summed E-state index contributed by atoms with van der Waals surface area (Å²) in [5.74, 6) is 1.10. The molecule has 1 aliphatic heterocycles. The topological polar surface area (TPSA) is 92.3 Å². The first-order valence-corrected chi connectivity index (χ1v) is 13.5. The van der Waals surface area contributed by atoms with Gasteiger partial charge in [-0.15, -0.1) is 0 Å². The number of sulfone groups is 1. The zero-order valence-corrected chi connectivity index (χ0v) is 19.1. The largest absolute Gasteiger partial charge is 0.340 e. The molecule has 1 amide bonds. The number of thioether (sulfide) groups is 1. The predicted octanol–water partition coefficient (Wildman–Crippen LogP) is 3.64. The zero-order valence-electron chi connectivity index (χ0n) is 17.5. The highest BCUT2D eigenvalue weighted by Crippen LogP contribution is 2.33. The zero-order chi connectivity index (χ0) is 22.1. The highest BCUT2D eigenvalue weighted by molar-refractivity contribution is 7.99. The van der Waals surface area contributed by atoms with Crippen LogP contribution in [0.25, 0.3) is 10.9 Å². The molecule has 1 atom stereocenters. The Balaban J connectivity index is 1.35. The summed E-state index contributed by atoms with van der Waals surface area (Å²) in [6.45, 7) is 0. The fourth-order valence-electron chi connectivity index (χ4n) is 4.13. The Hall–Kier alpha value is -2.65. The lowest BCUT2D eigenvalue weighted by Crippen LogP contribution is -2.43. The second kappa shape index (κ2) is 8.71. The van der Waals surface area contributed by atoms with Crippen molar-refractivity contribution in [2.45, 2.75) is 36.5 Å². The number of para-hydroxylation sites is 2. The predicted molar refractivity (Wildman–Crippen MR) is 127 cm³/mol. The molecule has 5 rings (SSSR count). The van der Waals surface area contributed by atoms with E-state index in [9.17, 15) is 13.2 Å². The lowest BCUT2D eigenvalue weighted by molar-refractivity contribution is -0.130. The SMILES string of the molecule is O=C(CSc1nc(Nc2ccccc2)c2ccccc2n1)N(C1CC1)[C@@H]1CCS(=O)(=O)C1. The van der Waals surface area contributed by atoms with Crippen LogP contribution in [-0.2, 0) is 14.6 Å². The van der Waals surface area contributed by atoms with Crippen LogP contribution >= 0.6 is 11.8 Å². The van der Waals surface area contributed by atoms with Crippen LogP contribution in [0.5, 0.6) is 0 Å². The highest BCUT2D eigenvalue weighted by atomic mass is 32.2. The lowest BCUT2D eigenvalue weighted by atomic mass is 10.2. The molecule has 0 radical (unpaired) electrons. The molecule has 166 valence electrons. The number of hydrogen-bond donors (Lipinski definition) is 1. The fraction of sp³-hybridized carbons (Fsp3) is 0.348. The molecule has 0 unspecified atom stereocenters. The van der Waals surface area contributed by atoms with Crippen LogP contribution in [0, 0.1) is 0 Å². The quantitative estimate of drug-likeness (QED) is 0.418. The van der Waals surface area contributed by atoms with E-state index in [1.54, 1.807) is 0 Å². The maximum atomic E-state index is 13.1. The third kappa shape index (κ3) is 4.73. The number of nitrogens with zero attached hydrogens (tertiary/aromatic N) is 3. The van der Waals surface area contributed by atoms with Crippen LogP contribution in [0.15, 0.2) is 59.8 Å². The van der Waals surface area contributed by atoms with Gasteiger partial charge in [0.1, 0.15) is 5.82 Å². The molecule has 2 heterocycles. The number of rotatable bonds is 7. The van der Waals surface area contributed by atoms with Crippen molar-refractivity contribution in [3.8, 4) is 0 Å². The van der Waals surface area contributed by atoms with E-state index < -0.39 is 9.84 Å². The molecular weight excluding hydrogens is 444 g/mol. The first-order chi connectivity index (χ1) is 15.5. The molecule has 1 aliphatic carbocycles. The number of anilines is 2. The Kier molecular flexibility index (Phi) is 5.77. The molecule has 7 nitrogen and oxygen atoms in total. The van der Waals surface area contributed by atoms with Gasteiger partial charge in [-0.1, -0.05) is 42.1 Å². The minimum Gasteiger partial charge on any atom is -0.340 e. The number of nitrogens with one attached hydrogen (secondary N) is 1. The second-order valence-electron chi connectivity index (χ2n) is 8.24. The van der Waals surface area contributed by atoms with Gasteiger partial charge >= 0.3 is 0 Å². The smallest absolute Gasteiger partial charge is 0.233 e. The van der Waals surface area contributed by atoms with Gasteiger partial charge in [-0.25, -0.2) is 18.4 Å². The summed E-state index contributed by atoms with van der Waals surface area (Å²) < 4.78 is 23.9. The van der Waals surface area contributed by atoms with E-state index in [0.717, 1.165) is 29.4 Å². The molecular formula is C23H24N4O3S2. The van der Waals surface area contributed by atoms with E-state index in [1.165, 1.54) is 11.8 Å². The Morgan fingerprint density at radius 3 is 2.47 bits per heavy atom. The van der Waals surface area contributed by atoms with Gasteiger partial charge in [0.05, 0.1) is 22.8 Å². The fourth-order valence-corrected chi connectivity index (χ4v) is 6.56. The van der Waals surface area contributed by atoms with E-state index in [0.29, 0.717) is 17.4 Å². The summed E-state index contributed by atoms with van der Waals surface area (Å²) in [4.78, 5) is 24.2. The van der Waals surface area contributed by atoms with Gasteiger partial charge < -0.3 is 10.2 Å². The molecule has 0 bridgehead atoms. The van der Waals surface area contributed by atoms with Crippen molar-refractivity contribution >= 4 is 49.9 Å². The Morgan fingerprint density at radius 2 is 1.75 bits per heavy atom. The average Bonchev–Trinajstić information content (AvgIpc) is 3.55. The van der Waals surface area contributed by atoms with Crippen molar-refractivity contribution in [2.24, 2.45) is 0 Å². The summed E-state index contributed by atoms with van der Waals surface area (Å²) in [7, 11) is -3.04. The number of benzene rings is 2. The molecule has 32 heavy (non-hydrogen) atoms. The maximum Gasteiger partial charge on any atom is 0.233 e. The molecule has 1 N–H and O–H groups in total. The molecule has 2 fully saturated rings. The molecule has 9 heteroatoms. The Morgan fingerprint density at radius 1 is 1.00 bits per heavy atom. The monoisotopic (exact) mass is 468 g/mol. The molecule has 3 aromatic rings. The van der Waals surface area contributed by atoms with Gasteiger partial charge in [0.2, 0.25) is 5.91 Å². The first kappa shape index (κ1) is 21.2.